The normalized spacial score (nSPS) is 15.2. The predicted octanol–water partition coefficient (Wildman–Crippen LogP) is 1.72. The van der Waals surface area contributed by atoms with E-state index in [-0.39, 0.29) is 23.0 Å². The largest absolute Gasteiger partial charge is 0.468 e. The van der Waals surface area contributed by atoms with E-state index in [1.54, 1.807) is 22.8 Å². The molecule has 0 bridgehead atoms. The number of benzene rings is 1. The van der Waals surface area contributed by atoms with Gasteiger partial charge in [0.05, 0.1) is 25.0 Å². The molecular weight excluding hydrogens is 408 g/mol. The van der Waals surface area contributed by atoms with Gasteiger partial charge >= 0.3 is 5.97 Å². The number of aromatic nitrogens is 2. The van der Waals surface area contributed by atoms with Gasteiger partial charge in [-0.2, -0.15) is 4.31 Å². The Morgan fingerprint density at radius 3 is 2.60 bits per heavy atom. The van der Waals surface area contributed by atoms with E-state index in [2.05, 4.69) is 28.9 Å². The summed E-state index contributed by atoms with van der Waals surface area (Å²) < 4.78 is 33.7. The van der Waals surface area contributed by atoms with E-state index in [1.165, 1.54) is 19.5 Å². The van der Waals surface area contributed by atoms with E-state index >= 15 is 0 Å². The lowest BCUT2D eigenvalue weighted by atomic mass is 10.0. The van der Waals surface area contributed by atoms with Gasteiger partial charge in [0.2, 0.25) is 10.0 Å². The number of sulfonamides is 1. The van der Waals surface area contributed by atoms with Gasteiger partial charge in [-0.15, -0.1) is 0 Å². The van der Waals surface area contributed by atoms with E-state index in [9.17, 15) is 18.0 Å². The maximum absolute atomic E-state index is 13.2. The molecule has 1 aromatic carbocycles. The highest BCUT2D eigenvalue weighted by atomic mass is 32.2. The number of imidazole rings is 1. The molecule has 1 aliphatic heterocycles. The Balaban J connectivity index is 2.04. The Labute approximate surface area is 176 Å². The monoisotopic (exact) mass is 434 g/mol. The van der Waals surface area contributed by atoms with Crippen molar-refractivity contribution in [1.29, 1.82) is 0 Å². The summed E-state index contributed by atoms with van der Waals surface area (Å²) in [7, 11) is -2.79. The number of methoxy groups -OCH3 is 1. The molecule has 162 valence electrons. The van der Waals surface area contributed by atoms with Gasteiger partial charge in [-0.1, -0.05) is 38.8 Å². The minimum atomic E-state index is -3.99. The third-order valence-electron chi connectivity index (χ3n) is 5.39. The first-order valence-electron chi connectivity index (χ1n) is 9.84. The van der Waals surface area contributed by atoms with Crippen LogP contribution in [0.2, 0.25) is 0 Å². The fourth-order valence-electron chi connectivity index (χ4n) is 3.44. The van der Waals surface area contributed by atoms with Crippen LogP contribution in [0.3, 0.4) is 0 Å². The molecule has 0 saturated heterocycles. The summed E-state index contributed by atoms with van der Waals surface area (Å²) in [4.78, 5) is 29.0. The van der Waals surface area contributed by atoms with Gasteiger partial charge in [-0.3, -0.25) is 14.2 Å². The molecule has 0 spiro atoms. The number of amides is 1. The quantitative estimate of drug-likeness (QED) is 0.665. The van der Waals surface area contributed by atoms with Gasteiger partial charge in [0.15, 0.2) is 5.69 Å². The number of nitrogens with zero attached hydrogens (tertiary/aromatic N) is 3. The summed E-state index contributed by atoms with van der Waals surface area (Å²) >= 11 is 0. The summed E-state index contributed by atoms with van der Waals surface area (Å²) in [6, 6.07) is 6.43. The molecule has 9 nitrogen and oxygen atoms in total. The highest BCUT2D eigenvalue weighted by Crippen LogP contribution is 2.31. The molecule has 1 aromatic heterocycles. The van der Waals surface area contributed by atoms with Crippen molar-refractivity contribution in [1.82, 2.24) is 19.2 Å². The van der Waals surface area contributed by atoms with Crippen LogP contribution in [0.15, 0.2) is 35.5 Å². The first-order chi connectivity index (χ1) is 14.3. The molecule has 1 N–H and O–H groups in total. The maximum Gasteiger partial charge on any atom is 0.321 e. The SMILES string of the molecule is CCC(CC)CNC(=O)c1ncn2c1CN(CC(=O)OC)S(=O)(=O)c1ccccc1-2. The second-order valence-corrected chi connectivity index (χ2v) is 9.03. The molecule has 0 fully saturated rings. The van der Waals surface area contributed by atoms with Crippen molar-refractivity contribution in [2.75, 3.05) is 20.2 Å². The minimum absolute atomic E-state index is 0.0361. The van der Waals surface area contributed by atoms with Crippen molar-refractivity contribution in [3.63, 3.8) is 0 Å². The molecule has 0 unspecified atom stereocenters. The molecule has 1 aliphatic rings. The van der Waals surface area contributed by atoms with Gasteiger partial charge in [0.1, 0.15) is 17.8 Å². The zero-order valence-electron chi connectivity index (χ0n) is 17.3. The van der Waals surface area contributed by atoms with Crippen molar-refractivity contribution in [3.05, 3.63) is 42.0 Å². The number of hydrogen-bond acceptors (Lipinski definition) is 6. The second kappa shape index (κ2) is 8.97. The summed E-state index contributed by atoms with van der Waals surface area (Å²) in [5.41, 5.74) is 0.920. The van der Waals surface area contributed by atoms with E-state index in [0.717, 1.165) is 17.1 Å². The van der Waals surface area contributed by atoms with Gasteiger partial charge < -0.3 is 10.1 Å². The summed E-state index contributed by atoms with van der Waals surface area (Å²) in [5.74, 6) is -0.707. The number of esters is 1. The average molecular weight is 435 g/mol. The fourth-order valence-corrected chi connectivity index (χ4v) is 4.96. The van der Waals surface area contributed by atoms with Crippen LogP contribution in [0.4, 0.5) is 0 Å². The van der Waals surface area contributed by atoms with Crippen LogP contribution in [0.5, 0.6) is 0 Å². The van der Waals surface area contributed by atoms with Crippen LogP contribution in [0.25, 0.3) is 5.69 Å². The molecule has 0 saturated carbocycles. The lowest BCUT2D eigenvalue weighted by molar-refractivity contribution is -0.140. The van der Waals surface area contributed by atoms with Gasteiger partial charge in [-0.25, -0.2) is 13.4 Å². The number of rotatable bonds is 7. The molecule has 1 amide bonds. The number of fused-ring (bicyclic) bond motifs is 3. The standard InChI is InChI=1S/C20H26N4O5S/c1-4-14(5-2)10-21-20(26)19-16-11-23(12-18(25)29-3)30(27,28)17-9-7-6-8-15(17)24(16)13-22-19/h6-9,13-14H,4-5,10-12H2,1-3H3,(H,21,26). The first-order valence-corrected chi connectivity index (χ1v) is 11.3. The van der Waals surface area contributed by atoms with Crippen LogP contribution in [-0.4, -0.2) is 54.3 Å². The highest BCUT2D eigenvalue weighted by molar-refractivity contribution is 7.89. The number of para-hydroxylation sites is 1. The Kier molecular flexibility index (Phi) is 6.57. The lowest BCUT2D eigenvalue weighted by Gasteiger charge is -2.19. The van der Waals surface area contributed by atoms with E-state index in [4.69, 9.17) is 0 Å². The van der Waals surface area contributed by atoms with Crippen LogP contribution < -0.4 is 5.32 Å². The molecule has 2 aromatic rings. The molecule has 10 heteroatoms. The van der Waals surface area contributed by atoms with Crippen LogP contribution in [0, 0.1) is 5.92 Å². The molecule has 30 heavy (non-hydrogen) atoms. The van der Waals surface area contributed by atoms with Crippen LogP contribution in [0.1, 0.15) is 42.9 Å². The van der Waals surface area contributed by atoms with Gasteiger partial charge in [-0.05, 0) is 18.1 Å². The second-order valence-electron chi connectivity index (χ2n) is 7.12. The molecule has 0 atom stereocenters. The summed E-state index contributed by atoms with van der Waals surface area (Å²) in [5, 5.41) is 2.89. The van der Waals surface area contributed by atoms with Gasteiger partial charge in [0.25, 0.3) is 5.91 Å². The number of hydrogen-bond donors (Lipinski definition) is 1. The number of carbonyl (C=O) groups excluding carboxylic acids is 2. The number of nitrogens with one attached hydrogen (secondary N) is 1. The number of ether oxygens (including phenoxy) is 1. The summed E-state index contributed by atoms with van der Waals surface area (Å²) in [6.45, 7) is 4.00. The fraction of sp³-hybridized carbons (Fsp3) is 0.450. The van der Waals surface area contributed by atoms with Crippen molar-refractivity contribution in [2.24, 2.45) is 5.92 Å². The molecule has 3 rings (SSSR count). The summed E-state index contributed by atoms with van der Waals surface area (Å²) in [6.07, 6.45) is 3.32. The van der Waals surface area contributed by atoms with Crippen molar-refractivity contribution >= 4 is 21.9 Å². The third kappa shape index (κ3) is 4.10. The Morgan fingerprint density at radius 2 is 1.93 bits per heavy atom. The average Bonchev–Trinajstić information content (AvgIpc) is 3.13. The van der Waals surface area contributed by atoms with E-state index in [1.807, 2.05) is 0 Å². The Morgan fingerprint density at radius 1 is 1.23 bits per heavy atom. The predicted molar refractivity (Wildman–Crippen MR) is 110 cm³/mol. The minimum Gasteiger partial charge on any atom is -0.468 e. The zero-order valence-corrected chi connectivity index (χ0v) is 18.1. The van der Waals surface area contributed by atoms with Crippen molar-refractivity contribution in [2.45, 2.75) is 38.1 Å². The first kappa shape index (κ1) is 22.0. The topological polar surface area (TPSA) is 111 Å². The molecule has 2 heterocycles. The van der Waals surface area contributed by atoms with Gasteiger partial charge in [0, 0.05) is 6.54 Å². The Bertz CT molecular complexity index is 1040. The van der Waals surface area contributed by atoms with Crippen LogP contribution >= 0.6 is 0 Å². The van der Waals surface area contributed by atoms with E-state index < -0.39 is 22.5 Å². The zero-order chi connectivity index (χ0) is 21.9. The molecule has 0 radical (unpaired) electrons. The van der Waals surface area contributed by atoms with Crippen molar-refractivity contribution < 1.29 is 22.7 Å². The molecule has 0 aliphatic carbocycles. The smallest absolute Gasteiger partial charge is 0.321 e. The third-order valence-corrected chi connectivity index (χ3v) is 7.23. The van der Waals surface area contributed by atoms with Crippen molar-refractivity contribution in [3.8, 4) is 5.69 Å². The number of carbonyl (C=O) groups is 2. The highest BCUT2D eigenvalue weighted by Gasteiger charge is 2.36. The lowest BCUT2D eigenvalue weighted by Crippen LogP contribution is -2.36. The maximum atomic E-state index is 13.2. The van der Waals surface area contributed by atoms with Crippen LogP contribution in [-0.2, 0) is 26.1 Å². The Hall–Kier alpha value is -2.72. The molecular formula is C20H26N4O5S. The van der Waals surface area contributed by atoms with E-state index in [0.29, 0.717) is 23.8 Å².